The summed E-state index contributed by atoms with van der Waals surface area (Å²) in [7, 11) is 0. The van der Waals surface area contributed by atoms with Gasteiger partial charge in [-0.05, 0) is 50.2 Å². The normalized spacial score (nSPS) is 11.8. The van der Waals surface area contributed by atoms with E-state index in [2.05, 4.69) is 10.3 Å². The maximum absolute atomic E-state index is 13.0. The summed E-state index contributed by atoms with van der Waals surface area (Å²) in [5.74, 6) is 0.917. The topological polar surface area (TPSA) is 64.4 Å². The van der Waals surface area contributed by atoms with Crippen molar-refractivity contribution in [1.29, 1.82) is 0 Å². The molecule has 3 rings (SSSR count). The van der Waals surface area contributed by atoms with E-state index in [0.717, 1.165) is 5.56 Å². The fourth-order valence-electron chi connectivity index (χ4n) is 2.36. The molecule has 0 bridgehead atoms. The van der Waals surface area contributed by atoms with Crippen molar-refractivity contribution in [3.8, 4) is 17.1 Å². The number of hydrogen-bond donors (Lipinski definition) is 1. The van der Waals surface area contributed by atoms with Crippen LogP contribution in [0.15, 0.2) is 59.1 Å². The summed E-state index contributed by atoms with van der Waals surface area (Å²) in [6.45, 7) is 3.65. The summed E-state index contributed by atoms with van der Waals surface area (Å²) < 4.78 is 24.1. The van der Waals surface area contributed by atoms with Gasteiger partial charge < -0.3 is 14.5 Å². The lowest BCUT2D eigenvalue weighted by Gasteiger charge is -2.11. The summed E-state index contributed by atoms with van der Waals surface area (Å²) in [5, 5.41) is 2.77. The highest BCUT2D eigenvalue weighted by Gasteiger charge is 2.16. The highest BCUT2D eigenvalue weighted by Crippen LogP contribution is 2.23. The van der Waals surface area contributed by atoms with Gasteiger partial charge in [0.15, 0.2) is 12.4 Å². The molecule has 0 fully saturated rings. The van der Waals surface area contributed by atoms with Gasteiger partial charge in [-0.1, -0.05) is 17.7 Å². The number of oxazole rings is 1. The molecule has 1 atom stereocenters. The van der Waals surface area contributed by atoms with Crippen LogP contribution < -0.4 is 10.1 Å². The molecule has 0 aliphatic heterocycles. The van der Waals surface area contributed by atoms with Crippen molar-refractivity contribution in [2.75, 3.05) is 6.61 Å². The molecule has 1 unspecified atom stereocenters. The van der Waals surface area contributed by atoms with Crippen LogP contribution in [0.5, 0.6) is 5.75 Å². The van der Waals surface area contributed by atoms with E-state index >= 15 is 0 Å². The van der Waals surface area contributed by atoms with E-state index in [-0.39, 0.29) is 18.3 Å². The van der Waals surface area contributed by atoms with Gasteiger partial charge in [0.25, 0.3) is 5.91 Å². The number of benzene rings is 2. The fraction of sp³-hybridized carbons (Fsp3) is 0.200. The number of carbonyl (C=O) groups excluding carboxylic acids is 1. The van der Waals surface area contributed by atoms with Crippen LogP contribution in [-0.2, 0) is 4.79 Å². The molecule has 1 amide bonds. The van der Waals surface area contributed by atoms with Gasteiger partial charge in [-0.2, -0.15) is 0 Å². The largest absolute Gasteiger partial charge is 0.484 e. The Morgan fingerprint density at radius 1 is 1.19 bits per heavy atom. The summed E-state index contributed by atoms with van der Waals surface area (Å²) in [5.41, 5.74) is 1.84. The van der Waals surface area contributed by atoms with Crippen molar-refractivity contribution in [2.45, 2.75) is 19.9 Å². The van der Waals surface area contributed by atoms with E-state index in [1.807, 2.05) is 31.2 Å². The van der Waals surface area contributed by atoms with E-state index in [1.54, 1.807) is 25.3 Å². The first-order valence-corrected chi connectivity index (χ1v) is 8.22. The average molecular weight is 354 g/mol. The average Bonchev–Trinajstić information content (AvgIpc) is 3.12. The van der Waals surface area contributed by atoms with E-state index in [1.165, 1.54) is 12.1 Å². The first-order valence-electron chi connectivity index (χ1n) is 8.22. The zero-order chi connectivity index (χ0) is 18.5. The lowest BCUT2D eigenvalue weighted by molar-refractivity contribution is -0.123. The van der Waals surface area contributed by atoms with Crippen LogP contribution in [0.4, 0.5) is 4.39 Å². The number of rotatable bonds is 6. The smallest absolute Gasteiger partial charge is 0.258 e. The lowest BCUT2D eigenvalue weighted by atomic mass is 10.2. The predicted octanol–water partition coefficient (Wildman–Crippen LogP) is 4.05. The van der Waals surface area contributed by atoms with Crippen LogP contribution in [0.25, 0.3) is 11.3 Å². The third-order valence-electron chi connectivity index (χ3n) is 3.79. The maximum atomic E-state index is 13.0. The minimum atomic E-state index is -0.418. The highest BCUT2D eigenvalue weighted by atomic mass is 19.1. The summed E-state index contributed by atoms with van der Waals surface area (Å²) in [4.78, 5) is 16.2. The molecule has 2 aromatic carbocycles. The number of aryl methyl sites for hydroxylation is 1. The maximum Gasteiger partial charge on any atom is 0.258 e. The van der Waals surface area contributed by atoms with Crippen molar-refractivity contribution in [1.82, 2.24) is 10.3 Å². The minimum absolute atomic E-state index is 0.0983. The van der Waals surface area contributed by atoms with Crippen molar-refractivity contribution in [3.63, 3.8) is 0 Å². The number of ether oxygens (including phenoxy) is 1. The standard InChI is InChI=1S/C20H19FN2O3/c1-13-3-9-17(10-4-13)25-12-19(24)23-14(2)20-22-11-18(26-20)15-5-7-16(21)8-6-15/h3-11,14H,12H2,1-2H3,(H,23,24). The number of hydrogen-bond acceptors (Lipinski definition) is 4. The second kappa shape index (κ2) is 7.82. The number of aromatic nitrogens is 1. The first kappa shape index (κ1) is 17.7. The number of nitrogens with one attached hydrogen (secondary N) is 1. The molecule has 0 spiro atoms. The van der Waals surface area contributed by atoms with Crippen molar-refractivity contribution in [2.24, 2.45) is 0 Å². The molecule has 0 aliphatic carbocycles. The molecule has 1 heterocycles. The molecule has 0 radical (unpaired) electrons. The van der Waals surface area contributed by atoms with Gasteiger partial charge in [0.1, 0.15) is 17.6 Å². The molecular formula is C20H19FN2O3. The number of amides is 1. The quantitative estimate of drug-likeness (QED) is 0.725. The Bertz CT molecular complexity index is 873. The predicted molar refractivity (Wildman–Crippen MR) is 95.1 cm³/mol. The zero-order valence-electron chi connectivity index (χ0n) is 14.5. The molecule has 26 heavy (non-hydrogen) atoms. The Morgan fingerprint density at radius 2 is 1.88 bits per heavy atom. The number of carbonyl (C=O) groups is 1. The van der Waals surface area contributed by atoms with Gasteiger partial charge in [0, 0.05) is 5.56 Å². The third kappa shape index (κ3) is 4.47. The Hall–Kier alpha value is -3.15. The van der Waals surface area contributed by atoms with E-state index in [0.29, 0.717) is 23.0 Å². The zero-order valence-corrected chi connectivity index (χ0v) is 14.5. The lowest BCUT2D eigenvalue weighted by Crippen LogP contribution is -2.31. The molecule has 3 aromatic rings. The first-order chi connectivity index (χ1) is 12.5. The van der Waals surface area contributed by atoms with Crippen molar-refractivity contribution >= 4 is 5.91 Å². The molecule has 1 N–H and O–H groups in total. The van der Waals surface area contributed by atoms with Gasteiger partial charge in [0.05, 0.1) is 6.20 Å². The Morgan fingerprint density at radius 3 is 2.58 bits per heavy atom. The van der Waals surface area contributed by atoms with Crippen LogP contribution >= 0.6 is 0 Å². The van der Waals surface area contributed by atoms with Crippen LogP contribution in [0.1, 0.15) is 24.4 Å². The summed E-state index contributed by atoms with van der Waals surface area (Å²) in [6, 6.07) is 13.0. The van der Waals surface area contributed by atoms with E-state index in [4.69, 9.17) is 9.15 Å². The molecule has 134 valence electrons. The Labute approximate surface area is 150 Å². The van der Waals surface area contributed by atoms with Gasteiger partial charge in [0.2, 0.25) is 5.89 Å². The highest BCUT2D eigenvalue weighted by molar-refractivity contribution is 5.77. The van der Waals surface area contributed by atoms with Crippen molar-refractivity contribution < 1.29 is 18.3 Å². The van der Waals surface area contributed by atoms with Crippen LogP contribution in [-0.4, -0.2) is 17.5 Å². The van der Waals surface area contributed by atoms with Crippen LogP contribution in [0.2, 0.25) is 0 Å². The molecule has 6 heteroatoms. The SMILES string of the molecule is Cc1ccc(OCC(=O)NC(C)c2ncc(-c3ccc(F)cc3)o2)cc1. The van der Waals surface area contributed by atoms with Crippen molar-refractivity contribution in [3.05, 3.63) is 72.0 Å². The second-order valence-electron chi connectivity index (χ2n) is 5.96. The Balaban J connectivity index is 1.55. The monoisotopic (exact) mass is 354 g/mol. The third-order valence-corrected chi connectivity index (χ3v) is 3.79. The van der Waals surface area contributed by atoms with Gasteiger partial charge in [-0.25, -0.2) is 9.37 Å². The van der Waals surface area contributed by atoms with E-state index < -0.39 is 6.04 Å². The summed E-state index contributed by atoms with van der Waals surface area (Å²) in [6.07, 6.45) is 1.55. The van der Waals surface area contributed by atoms with Crippen LogP contribution in [0.3, 0.4) is 0 Å². The molecule has 5 nitrogen and oxygen atoms in total. The minimum Gasteiger partial charge on any atom is -0.484 e. The molecule has 1 aromatic heterocycles. The van der Waals surface area contributed by atoms with E-state index in [9.17, 15) is 9.18 Å². The second-order valence-corrected chi connectivity index (χ2v) is 5.96. The molecule has 0 saturated heterocycles. The van der Waals surface area contributed by atoms with Gasteiger partial charge >= 0.3 is 0 Å². The molecule has 0 aliphatic rings. The van der Waals surface area contributed by atoms with Crippen LogP contribution in [0, 0.1) is 12.7 Å². The Kier molecular flexibility index (Phi) is 5.31. The van der Waals surface area contributed by atoms with Gasteiger partial charge in [-0.15, -0.1) is 0 Å². The summed E-state index contributed by atoms with van der Waals surface area (Å²) >= 11 is 0. The fourth-order valence-corrected chi connectivity index (χ4v) is 2.36. The molecular weight excluding hydrogens is 335 g/mol. The molecule has 0 saturated carbocycles. The van der Waals surface area contributed by atoms with Gasteiger partial charge in [-0.3, -0.25) is 4.79 Å². The number of halogens is 1. The number of nitrogens with zero attached hydrogens (tertiary/aromatic N) is 1.